The van der Waals surface area contributed by atoms with Crippen molar-refractivity contribution in [3.8, 4) is 0 Å². The van der Waals surface area contributed by atoms with Crippen molar-refractivity contribution >= 4 is 22.2 Å². The number of rotatable bonds is 3. The summed E-state index contributed by atoms with van der Waals surface area (Å²) in [6.07, 6.45) is 4.28. The Kier molecular flexibility index (Phi) is 5.80. The summed E-state index contributed by atoms with van der Waals surface area (Å²) in [7, 11) is 0. The highest BCUT2D eigenvalue weighted by Gasteiger charge is 1.72. The molecule has 0 atom stereocenters. The molecule has 40 valence electrons. The van der Waals surface area contributed by atoms with Gasteiger partial charge >= 0.3 is 0 Å². The van der Waals surface area contributed by atoms with Gasteiger partial charge in [0, 0.05) is 6.42 Å². The summed E-state index contributed by atoms with van der Waals surface area (Å²) >= 11 is 3.08. The van der Waals surface area contributed by atoms with Crippen LogP contribution in [0.4, 0.5) is 0 Å². The molecule has 0 bridgehead atoms. The molecule has 0 aromatic rings. The molecule has 2 heteroatoms. The van der Waals surface area contributed by atoms with Gasteiger partial charge in [-0.05, 0) is 11.4 Å². The maximum Gasteiger partial charge on any atom is 0.120 e. The molecular weight excluding hydrogens is 156 g/mol. The number of carbonyl (C=O) groups is 1. The van der Waals surface area contributed by atoms with Gasteiger partial charge in [-0.1, -0.05) is 22.0 Å². The fourth-order valence-electron chi connectivity index (χ4n) is 0.227. The molecule has 0 saturated heterocycles. The predicted octanol–water partition coefficient (Wildman–Crippen LogP) is 1.87. The van der Waals surface area contributed by atoms with Crippen molar-refractivity contribution in [1.29, 1.82) is 0 Å². The fourth-order valence-corrected chi connectivity index (χ4v) is 0.492. The van der Waals surface area contributed by atoms with Crippen LogP contribution in [-0.2, 0) is 4.79 Å². The van der Waals surface area contributed by atoms with Gasteiger partial charge < -0.3 is 4.79 Å². The molecule has 0 aliphatic carbocycles. The third-order valence-electron chi connectivity index (χ3n) is 0.540. The standard InChI is InChI=1S/C5H7BrO/c6-4-2-1-3-5-7/h2,4-5H,1,3H2/b4-2+. The minimum atomic E-state index is 0.627. The second kappa shape index (κ2) is 5.89. The molecule has 0 saturated carbocycles. The van der Waals surface area contributed by atoms with Crippen molar-refractivity contribution in [2.24, 2.45) is 0 Å². The van der Waals surface area contributed by atoms with Crippen LogP contribution in [0, 0.1) is 0 Å². The van der Waals surface area contributed by atoms with E-state index in [4.69, 9.17) is 0 Å². The molecule has 0 aliphatic heterocycles. The Hall–Kier alpha value is -0.110. The molecule has 7 heavy (non-hydrogen) atoms. The Labute approximate surface area is 51.5 Å². The lowest BCUT2D eigenvalue weighted by molar-refractivity contribution is -0.107. The molecular formula is C5H7BrO. The molecule has 0 aromatic heterocycles. The Morgan fingerprint density at radius 3 is 2.57 bits per heavy atom. The second-order valence-electron chi connectivity index (χ2n) is 1.11. The van der Waals surface area contributed by atoms with Crippen molar-refractivity contribution in [1.82, 2.24) is 0 Å². The van der Waals surface area contributed by atoms with Crippen LogP contribution in [-0.4, -0.2) is 6.29 Å². The quantitative estimate of drug-likeness (QED) is 0.458. The molecule has 0 unspecified atom stereocenters. The lowest BCUT2D eigenvalue weighted by atomic mass is 10.3. The minimum absolute atomic E-state index is 0.627. The molecule has 0 aromatic carbocycles. The molecule has 0 spiro atoms. The average molecular weight is 163 g/mol. The molecule has 0 heterocycles. The molecule has 0 amide bonds. The van der Waals surface area contributed by atoms with Gasteiger partial charge in [0.05, 0.1) is 0 Å². The van der Waals surface area contributed by atoms with Gasteiger partial charge in [0.25, 0.3) is 0 Å². The van der Waals surface area contributed by atoms with E-state index in [9.17, 15) is 4.79 Å². The zero-order valence-electron chi connectivity index (χ0n) is 3.93. The highest BCUT2D eigenvalue weighted by molar-refractivity contribution is 9.11. The van der Waals surface area contributed by atoms with Gasteiger partial charge in [-0.15, -0.1) is 0 Å². The zero-order chi connectivity index (χ0) is 5.54. The number of unbranched alkanes of at least 4 members (excludes halogenated alkanes) is 1. The van der Waals surface area contributed by atoms with E-state index in [0.29, 0.717) is 6.42 Å². The molecule has 0 fully saturated rings. The molecule has 1 nitrogen and oxygen atoms in total. The van der Waals surface area contributed by atoms with Gasteiger partial charge in [-0.2, -0.15) is 0 Å². The SMILES string of the molecule is O=CCC/C=C/Br. The summed E-state index contributed by atoms with van der Waals surface area (Å²) in [5.41, 5.74) is 0. The van der Waals surface area contributed by atoms with Crippen LogP contribution < -0.4 is 0 Å². The van der Waals surface area contributed by atoms with Crippen LogP contribution in [0.15, 0.2) is 11.1 Å². The first-order chi connectivity index (χ1) is 3.41. The Bertz CT molecular complexity index is 68.5. The smallest absolute Gasteiger partial charge is 0.120 e. The van der Waals surface area contributed by atoms with Gasteiger partial charge in [0.2, 0.25) is 0 Å². The zero-order valence-corrected chi connectivity index (χ0v) is 5.52. The van der Waals surface area contributed by atoms with Crippen molar-refractivity contribution < 1.29 is 4.79 Å². The first-order valence-electron chi connectivity index (χ1n) is 2.10. The number of hydrogen-bond donors (Lipinski definition) is 0. The van der Waals surface area contributed by atoms with Crippen molar-refractivity contribution in [3.63, 3.8) is 0 Å². The van der Waals surface area contributed by atoms with Crippen molar-refractivity contribution in [2.45, 2.75) is 12.8 Å². The lowest BCUT2D eigenvalue weighted by Crippen LogP contribution is -1.67. The number of hydrogen-bond acceptors (Lipinski definition) is 1. The molecule has 0 aliphatic rings. The number of halogens is 1. The third kappa shape index (κ3) is 5.89. The van der Waals surface area contributed by atoms with Gasteiger partial charge in [0.15, 0.2) is 0 Å². The first kappa shape index (κ1) is 6.89. The molecule has 0 radical (unpaired) electrons. The Morgan fingerprint density at radius 1 is 1.43 bits per heavy atom. The van der Waals surface area contributed by atoms with E-state index in [-0.39, 0.29) is 0 Å². The van der Waals surface area contributed by atoms with E-state index in [0.717, 1.165) is 12.7 Å². The average Bonchev–Trinajstić information content (AvgIpc) is 1.69. The highest BCUT2D eigenvalue weighted by Crippen LogP contribution is 1.89. The predicted molar refractivity (Wildman–Crippen MR) is 33.4 cm³/mol. The minimum Gasteiger partial charge on any atom is -0.303 e. The van der Waals surface area contributed by atoms with E-state index >= 15 is 0 Å². The topological polar surface area (TPSA) is 17.1 Å². The first-order valence-corrected chi connectivity index (χ1v) is 3.02. The van der Waals surface area contributed by atoms with E-state index in [1.54, 1.807) is 4.99 Å². The summed E-state index contributed by atoms with van der Waals surface area (Å²) < 4.78 is 0. The van der Waals surface area contributed by atoms with E-state index in [1.807, 2.05) is 6.08 Å². The monoisotopic (exact) mass is 162 g/mol. The Morgan fingerprint density at radius 2 is 2.14 bits per heavy atom. The summed E-state index contributed by atoms with van der Waals surface area (Å²) in [6, 6.07) is 0. The normalized spacial score (nSPS) is 9.86. The van der Waals surface area contributed by atoms with E-state index in [2.05, 4.69) is 15.9 Å². The third-order valence-corrected chi connectivity index (χ3v) is 0.914. The summed E-state index contributed by atoms with van der Waals surface area (Å²) in [5, 5.41) is 0. The molecule has 0 rings (SSSR count). The van der Waals surface area contributed by atoms with Crippen LogP contribution in [0.25, 0.3) is 0 Å². The number of aldehydes is 1. The van der Waals surface area contributed by atoms with Gasteiger partial charge in [-0.3, -0.25) is 0 Å². The summed E-state index contributed by atoms with van der Waals surface area (Å²) in [4.78, 5) is 11.4. The fraction of sp³-hybridized carbons (Fsp3) is 0.400. The van der Waals surface area contributed by atoms with Crippen LogP contribution in [0.2, 0.25) is 0 Å². The van der Waals surface area contributed by atoms with E-state index in [1.165, 1.54) is 0 Å². The van der Waals surface area contributed by atoms with Crippen molar-refractivity contribution in [2.75, 3.05) is 0 Å². The van der Waals surface area contributed by atoms with Crippen LogP contribution >= 0.6 is 15.9 Å². The largest absolute Gasteiger partial charge is 0.303 e. The van der Waals surface area contributed by atoms with Gasteiger partial charge in [0.1, 0.15) is 6.29 Å². The highest BCUT2D eigenvalue weighted by atomic mass is 79.9. The van der Waals surface area contributed by atoms with Crippen LogP contribution in [0.3, 0.4) is 0 Å². The Balaban J connectivity index is 2.82. The van der Waals surface area contributed by atoms with Crippen molar-refractivity contribution in [3.05, 3.63) is 11.1 Å². The maximum atomic E-state index is 9.63. The van der Waals surface area contributed by atoms with Gasteiger partial charge in [-0.25, -0.2) is 0 Å². The summed E-state index contributed by atoms with van der Waals surface area (Å²) in [6.45, 7) is 0. The molecule has 0 N–H and O–H groups in total. The lowest BCUT2D eigenvalue weighted by Gasteiger charge is -1.75. The van der Waals surface area contributed by atoms with Crippen LogP contribution in [0.5, 0.6) is 0 Å². The van der Waals surface area contributed by atoms with Crippen LogP contribution in [0.1, 0.15) is 12.8 Å². The summed E-state index contributed by atoms with van der Waals surface area (Å²) in [5.74, 6) is 0. The second-order valence-corrected chi connectivity index (χ2v) is 1.63. The number of allylic oxidation sites excluding steroid dienone is 1. The number of carbonyl (C=O) groups excluding carboxylic acids is 1. The maximum absolute atomic E-state index is 9.63. The van der Waals surface area contributed by atoms with E-state index < -0.39 is 0 Å².